The lowest BCUT2D eigenvalue weighted by atomic mass is 10.1. The molecule has 0 unspecified atom stereocenters. The lowest BCUT2D eigenvalue weighted by Gasteiger charge is -2.37. The average molecular weight is 578 g/mol. The van der Waals surface area contributed by atoms with Crippen molar-refractivity contribution < 1.29 is 35.4 Å². The molecule has 1 aliphatic heterocycles. The van der Waals surface area contributed by atoms with Crippen LogP contribution >= 0.6 is 11.6 Å². The number of hydrogen-bond acceptors (Lipinski definition) is 8. The first-order valence-electron chi connectivity index (χ1n) is 11.5. The number of nitrogens with one attached hydrogen (secondary N) is 1. The molecule has 208 valence electrons. The van der Waals surface area contributed by atoms with Gasteiger partial charge in [0.15, 0.2) is 0 Å². The summed E-state index contributed by atoms with van der Waals surface area (Å²) in [5.41, 5.74) is -0.334. The highest BCUT2D eigenvalue weighted by molar-refractivity contribution is 7.79. The predicted octanol–water partition coefficient (Wildman–Crippen LogP) is 3.58. The predicted molar refractivity (Wildman–Crippen MR) is 135 cm³/mol. The topological polar surface area (TPSA) is 139 Å². The van der Waals surface area contributed by atoms with E-state index in [1.165, 1.54) is 18.2 Å². The minimum Gasteiger partial charge on any atom is -0.726 e. The van der Waals surface area contributed by atoms with E-state index in [1.807, 2.05) is 6.07 Å². The van der Waals surface area contributed by atoms with E-state index in [4.69, 9.17) is 33.9 Å². The third-order valence-electron chi connectivity index (χ3n) is 5.66. The highest BCUT2D eigenvalue weighted by Gasteiger charge is 2.37. The van der Waals surface area contributed by atoms with Crippen molar-refractivity contribution in [3.05, 3.63) is 63.4 Å². The van der Waals surface area contributed by atoms with Crippen LogP contribution in [0, 0.1) is 0 Å². The van der Waals surface area contributed by atoms with Crippen LogP contribution in [0.25, 0.3) is 11.0 Å². The van der Waals surface area contributed by atoms with Crippen LogP contribution in [-0.4, -0.2) is 71.7 Å². The number of rotatable bonds is 7. The number of anilines is 1. The zero-order valence-corrected chi connectivity index (χ0v) is 21.5. The van der Waals surface area contributed by atoms with Crippen molar-refractivity contribution in [3.8, 4) is 5.88 Å². The molecule has 1 saturated heterocycles. The van der Waals surface area contributed by atoms with Crippen LogP contribution in [0.1, 0.15) is 18.4 Å². The maximum absolute atomic E-state index is 13.4. The Labute approximate surface area is 221 Å². The summed E-state index contributed by atoms with van der Waals surface area (Å²) in [6.07, 6.45) is -2.77. The van der Waals surface area contributed by atoms with Gasteiger partial charge in [-0.25, -0.2) is 8.42 Å². The van der Waals surface area contributed by atoms with Gasteiger partial charge in [0.25, 0.3) is 0 Å². The number of aromatic nitrogens is 2. The average Bonchev–Trinajstić information content (AvgIpc) is 2.82. The minimum absolute atomic E-state index is 0.146. The molecule has 15 heteroatoms. The van der Waals surface area contributed by atoms with Crippen molar-refractivity contribution in [3.63, 3.8) is 0 Å². The van der Waals surface area contributed by atoms with Gasteiger partial charge in [-0.15, -0.1) is 0 Å². The summed E-state index contributed by atoms with van der Waals surface area (Å²) >= 11 is 5.85. The van der Waals surface area contributed by atoms with Crippen LogP contribution < -0.4 is 15.2 Å². The van der Waals surface area contributed by atoms with E-state index in [9.17, 15) is 18.0 Å². The molecule has 38 heavy (non-hydrogen) atoms. The molecule has 0 amide bonds. The highest BCUT2D eigenvalue weighted by atomic mass is 35.5. The molecule has 2 N–H and O–H groups in total. The number of alkyl halides is 3. The standard InChI is InChI=1S/C23H24ClF3N4O2.H2O4S/c24-17-4-3-5-18(21(17)23(25,26)27)31-13-11-30(12-14-31)10-1-2-15-33-20-9-7-16-6-8-19(32)28-22(16)29-20;1-5(2,3)4/h3-9H,1-2,10-15H2,(H,28,29,32);(H2,1,2,3,4)/p-1. The van der Waals surface area contributed by atoms with E-state index in [1.54, 1.807) is 23.1 Å². The number of hydrogen-bond donors (Lipinski definition) is 2. The second-order valence-corrected chi connectivity index (χ2v) is 9.62. The van der Waals surface area contributed by atoms with Crippen LogP contribution in [0.4, 0.5) is 18.9 Å². The summed E-state index contributed by atoms with van der Waals surface area (Å²) in [6.45, 7) is 3.73. The molecular formula is C23H25ClF3N4O6S-. The summed E-state index contributed by atoms with van der Waals surface area (Å²) in [6, 6.07) is 11.1. The number of halogens is 4. The first kappa shape index (κ1) is 29.6. The molecule has 1 aromatic carbocycles. The monoisotopic (exact) mass is 577 g/mol. The maximum atomic E-state index is 13.4. The van der Waals surface area contributed by atoms with E-state index < -0.39 is 22.1 Å². The fourth-order valence-electron chi connectivity index (χ4n) is 3.97. The molecule has 0 atom stereocenters. The van der Waals surface area contributed by atoms with Crippen molar-refractivity contribution in [1.29, 1.82) is 0 Å². The van der Waals surface area contributed by atoms with E-state index >= 15 is 0 Å². The molecule has 0 aliphatic carbocycles. The van der Waals surface area contributed by atoms with Gasteiger partial charge in [-0.3, -0.25) is 14.2 Å². The van der Waals surface area contributed by atoms with Crippen molar-refractivity contribution in [1.82, 2.24) is 14.9 Å². The normalized spacial score (nSPS) is 14.7. The number of H-pyrrole nitrogens is 1. The van der Waals surface area contributed by atoms with E-state index in [0.717, 1.165) is 24.8 Å². The second kappa shape index (κ2) is 12.8. The van der Waals surface area contributed by atoms with Crippen LogP contribution in [-0.2, 0) is 16.6 Å². The van der Waals surface area contributed by atoms with Gasteiger partial charge in [0.05, 0.1) is 22.9 Å². The van der Waals surface area contributed by atoms with Gasteiger partial charge in [-0.05, 0) is 43.7 Å². The number of ether oxygens (including phenoxy) is 1. The van der Waals surface area contributed by atoms with Gasteiger partial charge < -0.3 is 19.2 Å². The molecule has 3 heterocycles. The molecule has 3 aromatic rings. The number of benzene rings is 1. The Morgan fingerprint density at radius 2 is 1.74 bits per heavy atom. The van der Waals surface area contributed by atoms with Gasteiger partial charge in [-0.2, -0.15) is 18.2 Å². The van der Waals surface area contributed by atoms with E-state index in [0.29, 0.717) is 44.3 Å². The van der Waals surface area contributed by atoms with E-state index in [-0.39, 0.29) is 16.3 Å². The van der Waals surface area contributed by atoms with Gasteiger partial charge in [0, 0.05) is 43.7 Å². The molecule has 0 radical (unpaired) electrons. The summed E-state index contributed by atoms with van der Waals surface area (Å²) in [7, 11) is -4.92. The molecule has 1 aliphatic rings. The van der Waals surface area contributed by atoms with Gasteiger partial charge >= 0.3 is 6.18 Å². The molecule has 0 spiro atoms. The number of unbranched alkanes of at least 4 members (excludes halogenated alkanes) is 1. The molecule has 0 saturated carbocycles. The first-order chi connectivity index (χ1) is 17.8. The van der Waals surface area contributed by atoms with Crippen molar-refractivity contribution in [2.75, 3.05) is 44.2 Å². The molecule has 0 bridgehead atoms. The SMILES string of the molecule is O=S(=O)([O-])O.O=c1ccc2ccc(OCCCCN3CCN(c4cccc(Cl)c4C(F)(F)F)CC3)nc2[nH]1. The summed E-state index contributed by atoms with van der Waals surface area (Å²) < 4.78 is 78.9. The first-order valence-corrected chi connectivity index (χ1v) is 13.2. The van der Waals surface area contributed by atoms with Crippen molar-refractivity contribution >= 4 is 38.7 Å². The van der Waals surface area contributed by atoms with Crippen LogP contribution in [0.3, 0.4) is 0 Å². The maximum Gasteiger partial charge on any atom is 0.419 e. The molecule has 2 aromatic heterocycles. The lowest BCUT2D eigenvalue weighted by molar-refractivity contribution is -0.137. The lowest BCUT2D eigenvalue weighted by Crippen LogP contribution is -2.47. The van der Waals surface area contributed by atoms with Crippen LogP contribution in [0.5, 0.6) is 5.88 Å². The molecular weight excluding hydrogens is 553 g/mol. The summed E-state index contributed by atoms with van der Waals surface area (Å²) in [5.74, 6) is 0.458. The minimum atomic E-state index is -4.92. The van der Waals surface area contributed by atoms with Crippen molar-refractivity contribution in [2.45, 2.75) is 19.0 Å². The summed E-state index contributed by atoms with van der Waals surface area (Å²) in [4.78, 5) is 22.4. The van der Waals surface area contributed by atoms with Crippen LogP contribution in [0.15, 0.2) is 47.3 Å². The Morgan fingerprint density at radius 3 is 2.39 bits per heavy atom. The fraction of sp³-hybridized carbons (Fsp3) is 0.391. The van der Waals surface area contributed by atoms with Gasteiger partial charge in [-0.1, -0.05) is 17.7 Å². The zero-order valence-electron chi connectivity index (χ0n) is 19.9. The Bertz CT molecular complexity index is 1390. The third-order valence-corrected chi connectivity index (χ3v) is 5.98. The van der Waals surface area contributed by atoms with Crippen molar-refractivity contribution in [2.24, 2.45) is 0 Å². The molecule has 1 fully saturated rings. The number of piperazine rings is 1. The smallest absolute Gasteiger partial charge is 0.419 e. The highest BCUT2D eigenvalue weighted by Crippen LogP contribution is 2.41. The Kier molecular flexibility index (Phi) is 9.95. The third kappa shape index (κ3) is 9.13. The molecule has 10 nitrogen and oxygen atoms in total. The number of aromatic amines is 1. The quantitative estimate of drug-likeness (QED) is 0.245. The van der Waals surface area contributed by atoms with Gasteiger partial charge in [0.2, 0.25) is 21.8 Å². The zero-order chi connectivity index (χ0) is 27.9. The second-order valence-electron chi connectivity index (χ2n) is 8.35. The number of pyridine rings is 2. The Balaban J connectivity index is 0.000000732. The summed E-state index contributed by atoms with van der Waals surface area (Å²) in [5, 5.41) is 0.566. The molecule has 4 rings (SSSR count). The number of fused-ring (bicyclic) bond motifs is 1. The van der Waals surface area contributed by atoms with Crippen LogP contribution in [0.2, 0.25) is 5.02 Å². The Hall–Kier alpha value is -2.91. The van der Waals surface area contributed by atoms with E-state index in [2.05, 4.69) is 14.9 Å². The number of nitrogens with zero attached hydrogens (tertiary/aromatic N) is 3. The van der Waals surface area contributed by atoms with Gasteiger partial charge in [0.1, 0.15) is 5.65 Å². The Morgan fingerprint density at radius 1 is 1.08 bits per heavy atom. The largest absolute Gasteiger partial charge is 0.726 e. The fourth-order valence-corrected chi connectivity index (χ4v) is 4.25.